The number of hydrogen-bond donors (Lipinski definition) is 2. The van der Waals surface area contributed by atoms with Gasteiger partial charge in [0, 0.05) is 11.9 Å². The van der Waals surface area contributed by atoms with Gasteiger partial charge in [-0.3, -0.25) is 5.10 Å². The second kappa shape index (κ2) is 7.57. The second-order valence-electron chi connectivity index (χ2n) is 5.70. The van der Waals surface area contributed by atoms with Crippen LogP contribution in [0, 0.1) is 6.92 Å². The van der Waals surface area contributed by atoms with Crippen LogP contribution in [0.1, 0.15) is 50.3 Å². The molecular weight excluding hydrogens is 262 g/mol. The van der Waals surface area contributed by atoms with Crippen molar-refractivity contribution in [1.29, 1.82) is 0 Å². The van der Waals surface area contributed by atoms with E-state index in [2.05, 4.69) is 35.9 Å². The number of aryl methyl sites for hydroxylation is 1. The number of aliphatic hydroxyl groups is 1. The van der Waals surface area contributed by atoms with E-state index in [1.165, 1.54) is 12.8 Å². The average molecular weight is 289 g/mol. The van der Waals surface area contributed by atoms with E-state index in [4.69, 9.17) is 0 Å². The Balaban J connectivity index is 2.01. The van der Waals surface area contributed by atoms with Gasteiger partial charge in [-0.25, -0.2) is 0 Å². The van der Waals surface area contributed by atoms with Crippen molar-refractivity contribution in [3.05, 3.63) is 29.5 Å². The van der Waals surface area contributed by atoms with Crippen LogP contribution in [0.2, 0.25) is 0 Å². The molecular formula is C17H27N3O. The molecule has 0 aliphatic carbocycles. The fourth-order valence-electron chi connectivity index (χ4n) is 2.81. The molecule has 0 aliphatic heterocycles. The minimum atomic E-state index is -0.403. The Morgan fingerprint density at radius 2 is 2.10 bits per heavy atom. The molecule has 2 rings (SSSR count). The molecule has 2 aromatic rings. The molecule has 0 spiro atoms. The van der Waals surface area contributed by atoms with Crippen LogP contribution >= 0.6 is 0 Å². The lowest BCUT2D eigenvalue weighted by atomic mass is 9.98. The number of aliphatic hydroxyl groups excluding tert-OH is 1. The smallest absolute Gasteiger partial charge is 0.0805 e. The number of nitrogens with one attached hydrogen (secondary N) is 1. The maximum atomic E-state index is 10.5. The maximum Gasteiger partial charge on any atom is 0.0805 e. The molecule has 1 aromatic heterocycles. The topological polar surface area (TPSA) is 52.1 Å². The van der Waals surface area contributed by atoms with Gasteiger partial charge < -0.3 is 10.0 Å². The number of nitrogens with zero attached hydrogens (tertiary/aromatic N) is 2. The Hall–Kier alpha value is -1.39. The van der Waals surface area contributed by atoms with E-state index in [9.17, 15) is 5.11 Å². The highest BCUT2D eigenvalue weighted by Crippen LogP contribution is 2.26. The van der Waals surface area contributed by atoms with Crippen molar-refractivity contribution in [3.63, 3.8) is 0 Å². The molecule has 0 bridgehead atoms. The van der Waals surface area contributed by atoms with E-state index in [-0.39, 0.29) is 0 Å². The van der Waals surface area contributed by atoms with Gasteiger partial charge >= 0.3 is 0 Å². The lowest BCUT2D eigenvalue weighted by Gasteiger charge is -2.22. The van der Waals surface area contributed by atoms with E-state index in [0.29, 0.717) is 0 Å². The highest BCUT2D eigenvalue weighted by atomic mass is 16.3. The third-order valence-corrected chi connectivity index (χ3v) is 4.29. The summed E-state index contributed by atoms with van der Waals surface area (Å²) in [5.41, 5.74) is 3.18. The molecule has 0 radical (unpaired) electrons. The van der Waals surface area contributed by atoms with E-state index in [1.54, 1.807) is 0 Å². The molecule has 0 fully saturated rings. The van der Waals surface area contributed by atoms with Crippen LogP contribution < -0.4 is 0 Å². The summed E-state index contributed by atoms with van der Waals surface area (Å²) >= 11 is 0. The van der Waals surface area contributed by atoms with Gasteiger partial charge in [-0.2, -0.15) is 5.10 Å². The molecule has 4 heteroatoms. The van der Waals surface area contributed by atoms with Crippen molar-refractivity contribution in [2.75, 3.05) is 19.6 Å². The van der Waals surface area contributed by atoms with Gasteiger partial charge in [-0.1, -0.05) is 26.3 Å². The van der Waals surface area contributed by atoms with Gasteiger partial charge in [0.05, 0.1) is 17.8 Å². The number of aromatic amines is 1. The minimum Gasteiger partial charge on any atom is -0.388 e. The van der Waals surface area contributed by atoms with Crippen LogP contribution in [-0.2, 0) is 0 Å². The number of rotatable bonds is 8. The summed E-state index contributed by atoms with van der Waals surface area (Å²) in [4.78, 5) is 2.42. The fourth-order valence-corrected chi connectivity index (χ4v) is 2.81. The molecule has 0 saturated carbocycles. The second-order valence-corrected chi connectivity index (χ2v) is 5.70. The number of unbranched alkanes of at least 4 members (excludes halogenated alkanes) is 1. The first-order valence-electron chi connectivity index (χ1n) is 8.00. The number of fused-ring (bicyclic) bond motifs is 1. The molecule has 1 unspecified atom stereocenters. The quantitative estimate of drug-likeness (QED) is 0.783. The third kappa shape index (κ3) is 3.83. The number of H-pyrrole nitrogens is 1. The summed E-state index contributed by atoms with van der Waals surface area (Å²) < 4.78 is 0. The van der Waals surface area contributed by atoms with Gasteiger partial charge in [-0.15, -0.1) is 0 Å². The van der Waals surface area contributed by atoms with Crippen molar-refractivity contribution < 1.29 is 5.11 Å². The van der Waals surface area contributed by atoms with Gasteiger partial charge in [0.25, 0.3) is 0 Å². The summed E-state index contributed by atoms with van der Waals surface area (Å²) in [6.45, 7) is 9.58. The highest BCUT2D eigenvalue weighted by molar-refractivity contribution is 5.82. The van der Waals surface area contributed by atoms with Gasteiger partial charge in [0.1, 0.15) is 0 Å². The number of benzene rings is 1. The summed E-state index contributed by atoms with van der Waals surface area (Å²) in [5.74, 6) is 0. The largest absolute Gasteiger partial charge is 0.388 e. The van der Waals surface area contributed by atoms with Crippen molar-refractivity contribution >= 4 is 10.9 Å². The number of aromatic nitrogens is 2. The molecule has 4 nitrogen and oxygen atoms in total. The third-order valence-electron chi connectivity index (χ3n) is 4.29. The van der Waals surface area contributed by atoms with Crippen LogP contribution in [0.5, 0.6) is 0 Å². The summed E-state index contributed by atoms with van der Waals surface area (Å²) in [5, 5.41) is 18.7. The Bertz CT molecular complexity index is 564. The van der Waals surface area contributed by atoms with Gasteiger partial charge in [0.2, 0.25) is 0 Å². The molecule has 1 heterocycles. The zero-order valence-corrected chi connectivity index (χ0v) is 13.4. The first kappa shape index (κ1) is 16.0. The van der Waals surface area contributed by atoms with Crippen LogP contribution in [0.25, 0.3) is 10.9 Å². The summed E-state index contributed by atoms with van der Waals surface area (Å²) in [6, 6.07) is 4.02. The Morgan fingerprint density at radius 1 is 1.29 bits per heavy atom. The Morgan fingerprint density at radius 3 is 2.81 bits per heavy atom. The van der Waals surface area contributed by atoms with Crippen LogP contribution in [0.15, 0.2) is 18.3 Å². The predicted molar refractivity (Wildman–Crippen MR) is 87.4 cm³/mol. The van der Waals surface area contributed by atoms with E-state index in [1.807, 2.05) is 18.3 Å². The first-order chi connectivity index (χ1) is 10.2. The van der Waals surface area contributed by atoms with Crippen LogP contribution in [0.3, 0.4) is 0 Å². The molecule has 0 amide bonds. The lowest BCUT2D eigenvalue weighted by molar-refractivity contribution is 0.142. The van der Waals surface area contributed by atoms with E-state index < -0.39 is 6.10 Å². The average Bonchev–Trinajstić information content (AvgIpc) is 2.97. The number of hydrogen-bond acceptors (Lipinski definition) is 3. The standard InChI is InChI=1S/C17H27N3O/c1-4-6-10-20(5-2)11-9-17(21)14-7-8-16-15(13(14)3)12-18-19-16/h7-8,12,17,21H,4-6,9-11H2,1-3H3,(H,18,19). The van der Waals surface area contributed by atoms with Crippen molar-refractivity contribution in [2.45, 2.75) is 46.1 Å². The fraction of sp³-hybridized carbons (Fsp3) is 0.588. The van der Waals surface area contributed by atoms with Crippen LogP contribution in [-0.4, -0.2) is 39.8 Å². The van der Waals surface area contributed by atoms with Crippen molar-refractivity contribution in [2.24, 2.45) is 0 Å². The summed E-state index contributed by atoms with van der Waals surface area (Å²) in [7, 11) is 0. The zero-order valence-electron chi connectivity index (χ0n) is 13.4. The van der Waals surface area contributed by atoms with Crippen molar-refractivity contribution in [3.8, 4) is 0 Å². The minimum absolute atomic E-state index is 0.403. The monoisotopic (exact) mass is 289 g/mol. The maximum absolute atomic E-state index is 10.5. The molecule has 1 aromatic carbocycles. The normalized spacial score (nSPS) is 13.2. The molecule has 116 valence electrons. The lowest BCUT2D eigenvalue weighted by Crippen LogP contribution is -2.27. The highest BCUT2D eigenvalue weighted by Gasteiger charge is 2.14. The van der Waals surface area contributed by atoms with Crippen LogP contribution in [0.4, 0.5) is 0 Å². The molecule has 2 N–H and O–H groups in total. The molecule has 1 atom stereocenters. The SMILES string of the molecule is CCCCN(CC)CCC(O)c1ccc2[nH]ncc2c1C. The van der Waals surface area contributed by atoms with Crippen molar-refractivity contribution in [1.82, 2.24) is 15.1 Å². The first-order valence-corrected chi connectivity index (χ1v) is 8.00. The molecule has 0 saturated heterocycles. The Kier molecular flexibility index (Phi) is 5.76. The molecule has 21 heavy (non-hydrogen) atoms. The van der Waals surface area contributed by atoms with Gasteiger partial charge in [-0.05, 0) is 50.0 Å². The molecule has 0 aliphatic rings. The zero-order chi connectivity index (χ0) is 15.2. The van der Waals surface area contributed by atoms with E-state index in [0.717, 1.165) is 48.1 Å². The summed E-state index contributed by atoms with van der Waals surface area (Å²) in [6.07, 6.45) is 4.65. The predicted octanol–water partition coefficient (Wildman–Crippen LogP) is 3.42. The Labute approximate surface area is 127 Å². The van der Waals surface area contributed by atoms with E-state index >= 15 is 0 Å². The van der Waals surface area contributed by atoms with Gasteiger partial charge in [0.15, 0.2) is 0 Å².